The molecule has 9 heteroatoms. The number of hydrogen-bond acceptors (Lipinski definition) is 6. The molecule has 0 N–H and O–H groups in total. The molecule has 1 aromatic heterocycles. The van der Waals surface area contributed by atoms with Gasteiger partial charge < -0.3 is 19.1 Å². The largest absolute Gasteiger partial charge is 0.444 e. The number of carbonyl (C=O) groups excluding carboxylic acids is 2. The van der Waals surface area contributed by atoms with Gasteiger partial charge in [0, 0.05) is 25.6 Å². The zero-order valence-corrected chi connectivity index (χ0v) is 18.6. The predicted octanol–water partition coefficient (Wildman–Crippen LogP) is 2.03. The van der Waals surface area contributed by atoms with Gasteiger partial charge in [0.2, 0.25) is 5.91 Å². The highest BCUT2D eigenvalue weighted by Crippen LogP contribution is 2.34. The number of nitrogens with zero attached hydrogens (tertiary/aromatic N) is 6. The monoisotopic (exact) mass is 418 g/mol. The summed E-state index contributed by atoms with van der Waals surface area (Å²) in [5.74, 6) is 2.02. The van der Waals surface area contributed by atoms with E-state index in [-0.39, 0.29) is 24.0 Å². The number of likely N-dealkylation sites (tertiary alicyclic amines) is 2. The summed E-state index contributed by atoms with van der Waals surface area (Å²) < 4.78 is 7.60. The standard InChI is InChI=1S/C21H34N6O3/c1-21(2,3)30-20(29)25-12-13-27-17(14-25)22-23-18(27)16-6-5-9-26(16)19(28)15-7-10-24(4)11-8-15/h15-16H,5-14H2,1-4H3/t16-/m1/s1. The van der Waals surface area contributed by atoms with Gasteiger partial charge in [-0.15, -0.1) is 10.2 Å². The van der Waals surface area contributed by atoms with Crippen LogP contribution >= 0.6 is 0 Å². The average Bonchev–Trinajstić information content (AvgIpc) is 3.32. The molecule has 9 nitrogen and oxygen atoms in total. The van der Waals surface area contributed by atoms with E-state index in [9.17, 15) is 9.59 Å². The number of fused-ring (bicyclic) bond motifs is 1. The van der Waals surface area contributed by atoms with E-state index in [4.69, 9.17) is 4.74 Å². The van der Waals surface area contributed by atoms with E-state index in [0.717, 1.165) is 57.0 Å². The molecule has 3 aliphatic heterocycles. The molecular formula is C21H34N6O3. The molecule has 2 amide bonds. The molecule has 1 aromatic rings. The molecule has 0 saturated carbocycles. The molecule has 0 aromatic carbocycles. The topological polar surface area (TPSA) is 83.8 Å². The van der Waals surface area contributed by atoms with Crippen LogP contribution in [0.1, 0.15) is 64.1 Å². The van der Waals surface area contributed by atoms with Crippen LogP contribution in [-0.4, -0.2) is 80.3 Å². The van der Waals surface area contributed by atoms with Crippen LogP contribution in [0.5, 0.6) is 0 Å². The Morgan fingerprint density at radius 3 is 2.43 bits per heavy atom. The molecule has 0 aliphatic carbocycles. The third kappa shape index (κ3) is 4.31. The maximum atomic E-state index is 13.2. The number of ether oxygens (including phenoxy) is 1. The van der Waals surface area contributed by atoms with Crippen LogP contribution in [0.25, 0.3) is 0 Å². The van der Waals surface area contributed by atoms with Gasteiger partial charge in [-0.05, 0) is 66.6 Å². The second kappa shape index (κ2) is 8.17. The highest BCUT2D eigenvalue weighted by atomic mass is 16.6. The molecule has 166 valence electrons. The van der Waals surface area contributed by atoms with Crippen LogP contribution in [0.4, 0.5) is 4.79 Å². The Kier molecular flexibility index (Phi) is 5.74. The fourth-order valence-electron chi connectivity index (χ4n) is 4.70. The van der Waals surface area contributed by atoms with E-state index < -0.39 is 5.60 Å². The first-order valence-electron chi connectivity index (χ1n) is 11.1. The molecule has 0 spiro atoms. The van der Waals surface area contributed by atoms with Crippen molar-refractivity contribution in [2.24, 2.45) is 5.92 Å². The fourth-order valence-corrected chi connectivity index (χ4v) is 4.70. The smallest absolute Gasteiger partial charge is 0.410 e. The first-order chi connectivity index (χ1) is 14.2. The van der Waals surface area contributed by atoms with E-state index >= 15 is 0 Å². The zero-order valence-electron chi connectivity index (χ0n) is 18.6. The van der Waals surface area contributed by atoms with Crippen molar-refractivity contribution in [2.75, 3.05) is 33.2 Å². The van der Waals surface area contributed by atoms with Gasteiger partial charge in [-0.3, -0.25) is 9.69 Å². The van der Waals surface area contributed by atoms with Crippen LogP contribution in [0.15, 0.2) is 0 Å². The molecular weight excluding hydrogens is 384 g/mol. The van der Waals surface area contributed by atoms with Crippen LogP contribution in [0.2, 0.25) is 0 Å². The second-order valence-electron chi connectivity index (χ2n) is 9.80. The summed E-state index contributed by atoms with van der Waals surface area (Å²) in [5.41, 5.74) is -0.522. The third-order valence-corrected chi connectivity index (χ3v) is 6.34. The van der Waals surface area contributed by atoms with Crippen molar-refractivity contribution in [1.82, 2.24) is 29.5 Å². The minimum absolute atomic E-state index is 0.00789. The van der Waals surface area contributed by atoms with Gasteiger partial charge in [0.25, 0.3) is 0 Å². The molecule has 2 fully saturated rings. The molecule has 30 heavy (non-hydrogen) atoms. The van der Waals surface area contributed by atoms with Gasteiger partial charge in [-0.1, -0.05) is 0 Å². The van der Waals surface area contributed by atoms with Crippen LogP contribution in [0, 0.1) is 5.92 Å². The van der Waals surface area contributed by atoms with Crippen molar-refractivity contribution in [3.8, 4) is 0 Å². The highest BCUT2D eigenvalue weighted by Gasteiger charge is 2.39. The van der Waals surface area contributed by atoms with Crippen LogP contribution in [-0.2, 0) is 22.6 Å². The fraction of sp³-hybridized carbons (Fsp3) is 0.810. The molecule has 3 aliphatic rings. The molecule has 0 bridgehead atoms. The Labute approximate surface area is 178 Å². The lowest BCUT2D eigenvalue weighted by Gasteiger charge is -2.34. The lowest BCUT2D eigenvalue weighted by atomic mass is 9.95. The van der Waals surface area contributed by atoms with Gasteiger partial charge in [-0.2, -0.15) is 0 Å². The zero-order chi connectivity index (χ0) is 21.5. The van der Waals surface area contributed by atoms with E-state index in [2.05, 4.69) is 26.7 Å². The quantitative estimate of drug-likeness (QED) is 0.731. The minimum Gasteiger partial charge on any atom is -0.444 e. The molecule has 0 radical (unpaired) electrons. The Hall–Kier alpha value is -2.16. The van der Waals surface area contributed by atoms with Gasteiger partial charge in [0.05, 0.1) is 12.6 Å². The molecule has 0 unspecified atom stereocenters. The molecule has 4 heterocycles. The number of hydrogen-bond donors (Lipinski definition) is 0. The summed E-state index contributed by atoms with van der Waals surface area (Å²) in [6, 6.07) is -0.00789. The van der Waals surface area contributed by atoms with E-state index in [1.807, 2.05) is 25.7 Å². The summed E-state index contributed by atoms with van der Waals surface area (Å²) in [5, 5.41) is 8.84. The summed E-state index contributed by atoms with van der Waals surface area (Å²) in [6.45, 7) is 9.93. The van der Waals surface area contributed by atoms with Crippen molar-refractivity contribution in [2.45, 2.75) is 71.2 Å². The van der Waals surface area contributed by atoms with Crippen molar-refractivity contribution < 1.29 is 14.3 Å². The van der Waals surface area contributed by atoms with Crippen molar-refractivity contribution >= 4 is 12.0 Å². The maximum Gasteiger partial charge on any atom is 0.410 e. The summed E-state index contributed by atoms with van der Waals surface area (Å²) in [6.07, 6.45) is 3.46. The number of amides is 2. The summed E-state index contributed by atoms with van der Waals surface area (Å²) >= 11 is 0. The van der Waals surface area contributed by atoms with E-state index in [0.29, 0.717) is 19.6 Å². The highest BCUT2D eigenvalue weighted by molar-refractivity contribution is 5.79. The van der Waals surface area contributed by atoms with Gasteiger partial charge in [-0.25, -0.2) is 4.79 Å². The van der Waals surface area contributed by atoms with Crippen molar-refractivity contribution in [3.63, 3.8) is 0 Å². The predicted molar refractivity (Wildman–Crippen MR) is 111 cm³/mol. The van der Waals surface area contributed by atoms with Crippen LogP contribution in [0.3, 0.4) is 0 Å². The van der Waals surface area contributed by atoms with Gasteiger partial charge in [0.15, 0.2) is 11.6 Å². The Bertz CT molecular complexity index is 793. The first kappa shape index (κ1) is 21.1. The lowest BCUT2D eigenvalue weighted by Crippen LogP contribution is -2.43. The Morgan fingerprint density at radius 1 is 1.00 bits per heavy atom. The van der Waals surface area contributed by atoms with Gasteiger partial charge >= 0.3 is 6.09 Å². The average molecular weight is 419 g/mol. The molecule has 2 saturated heterocycles. The normalized spacial score (nSPS) is 23.5. The van der Waals surface area contributed by atoms with Crippen molar-refractivity contribution in [3.05, 3.63) is 11.6 Å². The summed E-state index contributed by atoms with van der Waals surface area (Å²) in [4.78, 5) is 31.7. The number of piperidine rings is 1. The lowest BCUT2D eigenvalue weighted by molar-refractivity contribution is -0.138. The maximum absolute atomic E-state index is 13.2. The van der Waals surface area contributed by atoms with Crippen molar-refractivity contribution in [1.29, 1.82) is 0 Å². The minimum atomic E-state index is -0.522. The second-order valence-corrected chi connectivity index (χ2v) is 9.80. The third-order valence-electron chi connectivity index (χ3n) is 6.34. The number of carbonyl (C=O) groups is 2. The molecule has 4 rings (SSSR count). The first-order valence-corrected chi connectivity index (χ1v) is 11.1. The van der Waals surface area contributed by atoms with Crippen LogP contribution < -0.4 is 0 Å². The summed E-state index contributed by atoms with van der Waals surface area (Å²) in [7, 11) is 2.11. The Balaban J connectivity index is 1.45. The van der Waals surface area contributed by atoms with Gasteiger partial charge in [0.1, 0.15) is 5.60 Å². The number of rotatable bonds is 2. The molecule has 1 atom stereocenters. The Morgan fingerprint density at radius 2 is 1.73 bits per heavy atom. The van der Waals surface area contributed by atoms with E-state index in [1.165, 1.54) is 0 Å². The number of aromatic nitrogens is 3. The SMILES string of the molecule is CN1CCC(C(=O)N2CCC[C@@H]2c2nnc3n2CCN(C(=O)OC(C)(C)C)C3)CC1. The van der Waals surface area contributed by atoms with E-state index in [1.54, 1.807) is 4.90 Å².